The van der Waals surface area contributed by atoms with Crippen LogP contribution in [0.3, 0.4) is 0 Å². The monoisotopic (exact) mass is 317 g/mol. The zero-order valence-electron chi connectivity index (χ0n) is 8.33. The Kier molecular flexibility index (Phi) is 2.86. The molecule has 0 aromatic heterocycles. The molecule has 2 rings (SSSR count). The Bertz CT molecular complexity index is 406. The second-order valence-electron chi connectivity index (χ2n) is 3.96. The van der Waals surface area contributed by atoms with Crippen molar-refractivity contribution in [3.8, 4) is 5.75 Å². The Morgan fingerprint density at radius 2 is 2.27 bits per heavy atom. The number of carbonyl (C=O) groups is 1. The highest BCUT2D eigenvalue weighted by Gasteiger charge is 2.33. The van der Waals surface area contributed by atoms with Gasteiger partial charge in [0.15, 0.2) is 0 Å². The van der Waals surface area contributed by atoms with Gasteiger partial charge in [0.1, 0.15) is 5.75 Å². The van der Waals surface area contributed by atoms with Gasteiger partial charge in [0.25, 0.3) is 5.91 Å². The van der Waals surface area contributed by atoms with Gasteiger partial charge in [0.2, 0.25) is 0 Å². The highest BCUT2D eigenvalue weighted by atomic mass is 127. The minimum Gasteiger partial charge on any atom is -0.507 e. The summed E-state index contributed by atoms with van der Waals surface area (Å²) in [5, 5.41) is 12.4. The van der Waals surface area contributed by atoms with E-state index in [1.54, 1.807) is 12.1 Å². The van der Waals surface area contributed by atoms with Crippen molar-refractivity contribution in [3.63, 3.8) is 0 Å². The van der Waals surface area contributed by atoms with Crippen LogP contribution in [0.15, 0.2) is 18.2 Å². The summed E-state index contributed by atoms with van der Waals surface area (Å²) in [4.78, 5) is 11.7. The van der Waals surface area contributed by atoms with Gasteiger partial charge in [-0.25, -0.2) is 0 Å². The fourth-order valence-electron chi connectivity index (χ4n) is 1.43. The fraction of sp³-hybridized carbons (Fsp3) is 0.364. The molecule has 80 valence electrons. The molecule has 1 amide bonds. The molecule has 1 aromatic rings. The van der Waals surface area contributed by atoms with Crippen LogP contribution in [-0.2, 0) is 0 Å². The number of benzene rings is 1. The van der Waals surface area contributed by atoms with E-state index < -0.39 is 0 Å². The molecule has 0 aliphatic heterocycles. The fourth-order valence-corrected chi connectivity index (χ4v) is 1.76. The molecule has 1 aliphatic rings. The molecule has 0 bridgehead atoms. The lowest BCUT2D eigenvalue weighted by molar-refractivity contribution is 0.0949. The summed E-state index contributed by atoms with van der Waals surface area (Å²) in [7, 11) is 0. The summed E-state index contributed by atoms with van der Waals surface area (Å²) in [5.74, 6) is 0.648. The topological polar surface area (TPSA) is 49.3 Å². The van der Waals surface area contributed by atoms with E-state index in [0.29, 0.717) is 17.5 Å². The number of aromatic hydroxyl groups is 1. The second kappa shape index (κ2) is 4.00. The molecule has 2 unspecified atom stereocenters. The summed E-state index contributed by atoms with van der Waals surface area (Å²) in [5.41, 5.74) is 0.520. The van der Waals surface area contributed by atoms with Crippen molar-refractivity contribution in [2.45, 2.75) is 19.4 Å². The van der Waals surface area contributed by atoms with Gasteiger partial charge in [-0.05, 0) is 53.1 Å². The third-order valence-corrected chi connectivity index (χ3v) is 3.55. The third kappa shape index (κ3) is 2.42. The molecule has 1 fully saturated rings. The number of rotatable bonds is 2. The Morgan fingerprint density at radius 3 is 2.80 bits per heavy atom. The van der Waals surface area contributed by atoms with E-state index in [2.05, 4.69) is 12.2 Å². The van der Waals surface area contributed by atoms with Gasteiger partial charge in [-0.1, -0.05) is 6.92 Å². The molecule has 1 aromatic carbocycles. The molecular weight excluding hydrogens is 305 g/mol. The number of amides is 1. The van der Waals surface area contributed by atoms with Gasteiger partial charge in [-0.2, -0.15) is 0 Å². The van der Waals surface area contributed by atoms with E-state index in [0.717, 1.165) is 9.99 Å². The normalized spacial score (nSPS) is 23.6. The maximum Gasteiger partial charge on any atom is 0.251 e. The second-order valence-corrected chi connectivity index (χ2v) is 5.12. The van der Waals surface area contributed by atoms with Crippen LogP contribution in [0.25, 0.3) is 0 Å². The smallest absolute Gasteiger partial charge is 0.251 e. The van der Waals surface area contributed by atoms with E-state index in [1.807, 2.05) is 22.6 Å². The SMILES string of the molecule is CC1CC1NC(=O)c1ccc(I)c(O)c1. The summed E-state index contributed by atoms with van der Waals surface area (Å²) < 4.78 is 0.754. The van der Waals surface area contributed by atoms with Crippen LogP contribution in [0, 0.1) is 9.49 Å². The minimum atomic E-state index is -0.101. The lowest BCUT2D eigenvalue weighted by Crippen LogP contribution is -2.26. The van der Waals surface area contributed by atoms with Crippen LogP contribution in [0.1, 0.15) is 23.7 Å². The van der Waals surface area contributed by atoms with Gasteiger partial charge in [0.05, 0.1) is 3.57 Å². The first-order valence-electron chi connectivity index (χ1n) is 4.87. The first-order chi connectivity index (χ1) is 7.08. The lowest BCUT2D eigenvalue weighted by atomic mass is 10.2. The number of nitrogens with one attached hydrogen (secondary N) is 1. The maximum absolute atomic E-state index is 11.7. The van der Waals surface area contributed by atoms with Gasteiger partial charge in [0, 0.05) is 11.6 Å². The summed E-state index contributed by atoms with van der Waals surface area (Å²) in [6.45, 7) is 2.11. The zero-order valence-corrected chi connectivity index (χ0v) is 10.5. The number of phenolic OH excluding ortho intramolecular Hbond substituents is 1. The molecule has 4 heteroatoms. The molecule has 0 heterocycles. The average Bonchev–Trinajstić information content (AvgIpc) is 2.86. The summed E-state index contributed by atoms with van der Waals surface area (Å²) in [6.07, 6.45) is 1.06. The molecule has 0 spiro atoms. The predicted octanol–water partition coefficient (Wildman–Crippen LogP) is 2.13. The third-order valence-electron chi connectivity index (χ3n) is 2.63. The van der Waals surface area contributed by atoms with E-state index in [9.17, 15) is 9.90 Å². The van der Waals surface area contributed by atoms with E-state index >= 15 is 0 Å². The van der Waals surface area contributed by atoms with E-state index in [-0.39, 0.29) is 11.7 Å². The molecule has 3 nitrogen and oxygen atoms in total. The van der Waals surface area contributed by atoms with Crippen molar-refractivity contribution >= 4 is 28.5 Å². The maximum atomic E-state index is 11.7. The highest BCUT2D eigenvalue weighted by Crippen LogP contribution is 2.29. The number of hydrogen-bond donors (Lipinski definition) is 2. The van der Waals surface area contributed by atoms with Crippen molar-refractivity contribution < 1.29 is 9.90 Å². The minimum absolute atomic E-state index is 0.101. The zero-order chi connectivity index (χ0) is 11.0. The number of halogens is 1. The van der Waals surface area contributed by atoms with E-state index in [1.165, 1.54) is 6.07 Å². The standard InChI is InChI=1S/C11H12INO2/c1-6-4-9(6)13-11(15)7-2-3-8(12)10(14)5-7/h2-3,5-6,9,14H,4H2,1H3,(H,13,15). The number of hydrogen-bond acceptors (Lipinski definition) is 2. The highest BCUT2D eigenvalue weighted by molar-refractivity contribution is 14.1. The van der Waals surface area contributed by atoms with Crippen LogP contribution >= 0.6 is 22.6 Å². The van der Waals surface area contributed by atoms with Crippen molar-refractivity contribution in [3.05, 3.63) is 27.3 Å². The first kappa shape index (κ1) is 10.7. The van der Waals surface area contributed by atoms with Crippen molar-refractivity contribution in [2.75, 3.05) is 0 Å². The molecular formula is C11H12INO2. The van der Waals surface area contributed by atoms with Crippen LogP contribution in [0.5, 0.6) is 5.75 Å². The van der Waals surface area contributed by atoms with Crippen LogP contribution in [-0.4, -0.2) is 17.1 Å². The molecule has 0 radical (unpaired) electrons. The largest absolute Gasteiger partial charge is 0.507 e. The first-order valence-corrected chi connectivity index (χ1v) is 5.95. The molecule has 15 heavy (non-hydrogen) atoms. The molecule has 2 atom stereocenters. The van der Waals surface area contributed by atoms with Crippen LogP contribution in [0.4, 0.5) is 0 Å². The Labute approximate surface area is 102 Å². The summed E-state index contributed by atoms with van der Waals surface area (Å²) in [6, 6.07) is 5.29. The van der Waals surface area contributed by atoms with Crippen LogP contribution < -0.4 is 5.32 Å². The van der Waals surface area contributed by atoms with Gasteiger partial charge >= 0.3 is 0 Å². The van der Waals surface area contributed by atoms with Gasteiger partial charge in [-0.3, -0.25) is 4.79 Å². The quantitative estimate of drug-likeness (QED) is 0.821. The Hall–Kier alpha value is -0.780. The average molecular weight is 317 g/mol. The number of carbonyl (C=O) groups excluding carboxylic acids is 1. The Balaban J connectivity index is 2.08. The van der Waals surface area contributed by atoms with Crippen molar-refractivity contribution in [1.82, 2.24) is 5.32 Å². The Morgan fingerprint density at radius 1 is 1.60 bits per heavy atom. The van der Waals surface area contributed by atoms with Gasteiger partial charge < -0.3 is 10.4 Å². The van der Waals surface area contributed by atoms with Crippen LogP contribution in [0.2, 0.25) is 0 Å². The molecule has 1 aliphatic carbocycles. The van der Waals surface area contributed by atoms with Gasteiger partial charge in [-0.15, -0.1) is 0 Å². The summed E-state index contributed by atoms with van der Waals surface area (Å²) >= 11 is 2.02. The molecule has 2 N–H and O–H groups in total. The van der Waals surface area contributed by atoms with Crippen molar-refractivity contribution in [2.24, 2.45) is 5.92 Å². The van der Waals surface area contributed by atoms with E-state index in [4.69, 9.17) is 0 Å². The molecule has 1 saturated carbocycles. The lowest BCUT2D eigenvalue weighted by Gasteiger charge is -2.04. The number of phenols is 1. The van der Waals surface area contributed by atoms with Crippen molar-refractivity contribution in [1.29, 1.82) is 0 Å². The predicted molar refractivity (Wildman–Crippen MR) is 65.9 cm³/mol. The molecule has 0 saturated heterocycles.